The zero-order valence-corrected chi connectivity index (χ0v) is 8.24. The summed E-state index contributed by atoms with van der Waals surface area (Å²) in [7, 11) is 0. The second-order valence-electron chi connectivity index (χ2n) is 3.95. The Morgan fingerprint density at radius 2 is 2.17 bits per heavy atom. The molecule has 2 fully saturated rings. The Bertz CT molecular complexity index is 187. The summed E-state index contributed by atoms with van der Waals surface area (Å²) in [6.45, 7) is 0.246. The number of rotatable bonds is 2. The van der Waals surface area contributed by atoms with Crippen molar-refractivity contribution >= 4 is 15.9 Å². The van der Waals surface area contributed by atoms with E-state index in [2.05, 4.69) is 15.9 Å². The molecule has 0 aromatic carbocycles. The van der Waals surface area contributed by atoms with Gasteiger partial charge in [0.1, 0.15) is 0 Å². The summed E-state index contributed by atoms with van der Waals surface area (Å²) < 4.78 is 30.7. The van der Waals surface area contributed by atoms with Crippen molar-refractivity contribution in [2.24, 2.45) is 5.41 Å². The van der Waals surface area contributed by atoms with Crippen molar-refractivity contribution in [3.63, 3.8) is 0 Å². The molecule has 2 atom stereocenters. The molecular weight excluding hydrogens is 230 g/mol. The fraction of sp³-hybridized carbons (Fsp3) is 1.00. The van der Waals surface area contributed by atoms with Gasteiger partial charge in [-0.25, -0.2) is 8.78 Å². The standard InChI is InChI=1S/C8H11BrF2O/c9-4-8-2-1-7(3-8,5-12-8)6(10)11/h6H,1-5H2. The fourth-order valence-electron chi connectivity index (χ4n) is 2.24. The van der Waals surface area contributed by atoms with Crippen molar-refractivity contribution in [2.45, 2.75) is 31.3 Å². The summed E-state index contributed by atoms with van der Waals surface area (Å²) in [5.41, 5.74) is -1.08. The van der Waals surface area contributed by atoms with Crippen LogP contribution in [-0.4, -0.2) is 24.0 Å². The third-order valence-corrected chi connectivity index (χ3v) is 4.15. The van der Waals surface area contributed by atoms with Crippen molar-refractivity contribution in [3.8, 4) is 0 Å². The lowest BCUT2D eigenvalue weighted by molar-refractivity contribution is -0.0572. The SMILES string of the molecule is FC(F)C12CCC(CBr)(C1)OC2. The topological polar surface area (TPSA) is 9.23 Å². The fourth-order valence-corrected chi connectivity index (χ4v) is 2.88. The van der Waals surface area contributed by atoms with Crippen LogP contribution in [0.25, 0.3) is 0 Å². The van der Waals surface area contributed by atoms with Gasteiger partial charge in [0.2, 0.25) is 6.43 Å². The van der Waals surface area contributed by atoms with Crippen LogP contribution in [0.2, 0.25) is 0 Å². The molecular formula is C8H11BrF2O. The van der Waals surface area contributed by atoms with Crippen LogP contribution in [0.5, 0.6) is 0 Å². The average Bonchev–Trinajstić information content (AvgIpc) is 2.61. The highest BCUT2D eigenvalue weighted by molar-refractivity contribution is 9.09. The van der Waals surface area contributed by atoms with Crippen molar-refractivity contribution in [3.05, 3.63) is 0 Å². The highest BCUT2D eigenvalue weighted by Crippen LogP contribution is 2.56. The normalized spacial score (nSPS) is 46.0. The summed E-state index contributed by atoms with van der Waals surface area (Å²) in [4.78, 5) is 0. The molecule has 2 bridgehead atoms. The first-order valence-electron chi connectivity index (χ1n) is 4.11. The van der Waals surface area contributed by atoms with Crippen molar-refractivity contribution in [2.75, 3.05) is 11.9 Å². The van der Waals surface area contributed by atoms with Gasteiger partial charge in [0.25, 0.3) is 0 Å². The molecule has 0 N–H and O–H groups in total. The number of alkyl halides is 3. The molecule has 4 heteroatoms. The van der Waals surface area contributed by atoms with Crippen molar-refractivity contribution in [1.29, 1.82) is 0 Å². The van der Waals surface area contributed by atoms with Crippen molar-refractivity contribution < 1.29 is 13.5 Å². The smallest absolute Gasteiger partial charge is 0.246 e. The largest absolute Gasteiger partial charge is 0.373 e. The summed E-state index contributed by atoms with van der Waals surface area (Å²) in [6, 6.07) is 0. The van der Waals surface area contributed by atoms with Crippen molar-refractivity contribution in [1.82, 2.24) is 0 Å². The van der Waals surface area contributed by atoms with Crippen LogP contribution in [0.15, 0.2) is 0 Å². The number of halogens is 3. The van der Waals surface area contributed by atoms with Crippen LogP contribution in [0, 0.1) is 5.41 Å². The maximum absolute atomic E-state index is 12.6. The van der Waals surface area contributed by atoms with Gasteiger partial charge in [-0.1, -0.05) is 15.9 Å². The molecule has 1 heterocycles. The average molecular weight is 241 g/mol. The monoisotopic (exact) mass is 240 g/mol. The van der Waals surface area contributed by atoms with Gasteiger partial charge in [-0.2, -0.15) is 0 Å². The first kappa shape index (κ1) is 8.88. The molecule has 0 aromatic heterocycles. The van der Waals surface area contributed by atoms with E-state index in [9.17, 15) is 8.78 Å². The number of ether oxygens (including phenoxy) is 1. The zero-order chi connectivity index (χ0) is 8.82. The van der Waals surface area contributed by atoms with E-state index in [0.29, 0.717) is 18.2 Å². The van der Waals surface area contributed by atoms with E-state index in [-0.39, 0.29) is 12.2 Å². The van der Waals surface area contributed by atoms with E-state index < -0.39 is 11.8 Å². The molecule has 0 amide bonds. The van der Waals surface area contributed by atoms with E-state index in [4.69, 9.17) is 4.74 Å². The Morgan fingerprint density at radius 1 is 1.42 bits per heavy atom. The summed E-state index contributed by atoms with van der Waals surface area (Å²) in [5, 5.41) is 0.689. The van der Waals surface area contributed by atoms with Gasteiger partial charge in [-0.15, -0.1) is 0 Å². The predicted molar refractivity (Wildman–Crippen MR) is 44.8 cm³/mol. The zero-order valence-electron chi connectivity index (χ0n) is 6.66. The Hall–Kier alpha value is 0.300. The molecule has 1 aliphatic carbocycles. The molecule has 1 saturated carbocycles. The van der Waals surface area contributed by atoms with E-state index in [0.717, 1.165) is 6.42 Å². The lowest BCUT2D eigenvalue weighted by atomic mass is 9.88. The molecule has 1 saturated heterocycles. The van der Waals surface area contributed by atoms with Gasteiger partial charge >= 0.3 is 0 Å². The number of fused-ring (bicyclic) bond motifs is 2. The van der Waals surface area contributed by atoms with Gasteiger partial charge in [0.05, 0.1) is 17.6 Å². The third-order valence-electron chi connectivity index (χ3n) is 3.12. The second-order valence-corrected chi connectivity index (χ2v) is 4.51. The lowest BCUT2D eigenvalue weighted by Gasteiger charge is -2.26. The summed E-state index contributed by atoms with van der Waals surface area (Å²) in [6.07, 6.45) is -0.289. The van der Waals surface area contributed by atoms with Crippen LogP contribution in [0.1, 0.15) is 19.3 Å². The molecule has 2 aliphatic rings. The Morgan fingerprint density at radius 3 is 2.42 bits per heavy atom. The van der Waals surface area contributed by atoms with E-state index in [1.54, 1.807) is 0 Å². The molecule has 0 radical (unpaired) electrons. The third kappa shape index (κ3) is 1.04. The minimum absolute atomic E-state index is 0.246. The Balaban J connectivity index is 2.17. The molecule has 0 spiro atoms. The summed E-state index contributed by atoms with van der Waals surface area (Å²) in [5.74, 6) is 0. The highest BCUT2D eigenvalue weighted by Gasteiger charge is 2.59. The molecule has 12 heavy (non-hydrogen) atoms. The summed E-state index contributed by atoms with van der Waals surface area (Å²) >= 11 is 3.32. The van der Waals surface area contributed by atoms with E-state index in [1.165, 1.54) is 0 Å². The molecule has 2 rings (SSSR count). The van der Waals surface area contributed by atoms with Crippen LogP contribution in [-0.2, 0) is 4.74 Å². The van der Waals surface area contributed by atoms with Gasteiger partial charge in [-0.05, 0) is 19.3 Å². The van der Waals surface area contributed by atoms with Gasteiger partial charge in [0, 0.05) is 5.33 Å². The highest BCUT2D eigenvalue weighted by atomic mass is 79.9. The van der Waals surface area contributed by atoms with Gasteiger partial charge in [-0.3, -0.25) is 0 Å². The maximum Gasteiger partial charge on any atom is 0.246 e. The minimum Gasteiger partial charge on any atom is -0.373 e. The molecule has 1 nitrogen and oxygen atoms in total. The molecule has 2 unspecified atom stereocenters. The quantitative estimate of drug-likeness (QED) is 0.675. The Kier molecular flexibility index (Phi) is 1.96. The van der Waals surface area contributed by atoms with Gasteiger partial charge < -0.3 is 4.74 Å². The van der Waals surface area contributed by atoms with Crippen LogP contribution in [0.3, 0.4) is 0 Å². The molecule has 70 valence electrons. The molecule has 1 aliphatic heterocycles. The second kappa shape index (κ2) is 2.64. The van der Waals surface area contributed by atoms with E-state index in [1.807, 2.05) is 0 Å². The first-order valence-corrected chi connectivity index (χ1v) is 5.23. The predicted octanol–water partition coefficient (Wildman–Crippen LogP) is 2.59. The Labute approximate surface area is 78.6 Å². The van der Waals surface area contributed by atoms with Gasteiger partial charge in [0.15, 0.2) is 0 Å². The number of hydrogen-bond donors (Lipinski definition) is 0. The minimum atomic E-state index is -2.22. The van der Waals surface area contributed by atoms with E-state index >= 15 is 0 Å². The maximum atomic E-state index is 12.6. The molecule has 0 aromatic rings. The van der Waals surface area contributed by atoms with Crippen LogP contribution < -0.4 is 0 Å². The lowest BCUT2D eigenvalue weighted by Crippen LogP contribution is -2.30. The van der Waals surface area contributed by atoms with Crippen LogP contribution >= 0.6 is 15.9 Å². The first-order chi connectivity index (χ1) is 5.63. The number of hydrogen-bond acceptors (Lipinski definition) is 1. The van der Waals surface area contributed by atoms with Crippen LogP contribution in [0.4, 0.5) is 8.78 Å².